The van der Waals surface area contributed by atoms with Gasteiger partial charge in [0.15, 0.2) is 0 Å². The highest BCUT2D eigenvalue weighted by Gasteiger charge is 2.28. The fraction of sp³-hybridized carbons (Fsp3) is 0.533. The Morgan fingerprint density at radius 3 is 2.95 bits per heavy atom. The minimum Gasteiger partial charge on any atom is -0.390 e. The maximum absolute atomic E-state index is 13.2. The van der Waals surface area contributed by atoms with Gasteiger partial charge in [-0.3, -0.25) is 4.79 Å². The van der Waals surface area contributed by atoms with Gasteiger partial charge in [-0.05, 0) is 37.6 Å². The van der Waals surface area contributed by atoms with Crippen molar-refractivity contribution in [1.29, 1.82) is 0 Å². The normalized spacial score (nSPS) is 23.6. The van der Waals surface area contributed by atoms with Gasteiger partial charge in [-0.25, -0.2) is 4.39 Å². The summed E-state index contributed by atoms with van der Waals surface area (Å²) in [5.74, 6) is -0.752. The molecule has 1 aliphatic rings. The quantitative estimate of drug-likeness (QED) is 0.878. The number of nitrogens with zero attached hydrogens (tertiary/aromatic N) is 1. The number of halogens is 1. The zero-order chi connectivity index (χ0) is 14.7. The molecular formula is C15H21FN2O2. The number of likely N-dealkylation sites (N-methyl/N-ethyl adjacent to an activating group) is 1. The van der Waals surface area contributed by atoms with Crippen LogP contribution in [0.4, 0.5) is 4.39 Å². The van der Waals surface area contributed by atoms with Crippen molar-refractivity contribution in [3.8, 4) is 0 Å². The van der Waals surface area contributed by atoms with Gasteiger partial charge in [-0.15, -0.1) is 0 Å². The molecule has 2 unspecified atom stereocenters. The van der Waals surface area contributed by atoms with Crippen LogP contribution in [0.3, 0.4) is 0 Å². The summed E-state index contributed by atoms with van der Waals surface area (Å²) in [6.07, 6.45) is 0.122. The molecule has 5 heteroatoms. The molecule has 0 aliphatic carbocycles. The van der Waals surface area contributed by atoms with E-state index < -0.39 is 11.9 Å². The van der Waals surface area contributed by atoms with Gasteiger partial charge in [0, 0.05) is 18.7 Å². The molecule has 1 fully saturated rings. The average molecular weight is 280 g/mol. The topological polar surface area (TPSA) is 52.6 Å². The summed E-state index contributed by atoms with van der Waals surface area (Å²) < 4.78 is 13.2. The third-order valence-corrected chi connectivity index (χ3v) is 3.87. The molecule has 4 nitrogen and oxygen atoms in total. The first kappa shape index (κ1) is 14.9. The van der Waals surface area contributed by atoms with Gasteiger partial charge in [0.25, 0.3) is 5.91 Å². The Morgan fingerprint density at radius 1 is 1.55 bits per heavy atom. The molecule has 2 atom stereocenters. The van der Waals surface area contributed by atoms with Crippen LogP contribution in [0, 0.1) is 12.7 Å². The minimum atomic E-state index is -0.582. The number of carbonyl (C=O) groups is 1. The van der Waals surface area contributed by atoms with E-state index in [1.54, 1.807) is 13.0 Å². The third kappa shape index (κ3) is 3.35. The van der Waals surface area contributed by atoms with Crippen LogP contribution in [0.15, 0.2) is 18.2 Å². The fourth-order valence-electron chi connectivity index (χ4n) is 2.54. The van der Waals surface area contributed by atoms with Crippen molar-refractivity contribution < 1.29 is 14.3 Å². The van der Waals surface area contributed by atoms with Crippen molar-refractivity contribution >= 4 is 5.91 Å². The molecule has 0 aromatic heterocycles. The Balaban J connectivity index is 2.03. The molecule has 1 amide bonds. The lowest BCUT2D eigenvalue weighted by atomic mass is 10.0. The Morgan fingerprint density at radius 2 is 2.30 bits per heavy atom. The number of hydrogen-bond donors (Lipinski definition) is 2. The molecule has 2 N–H and O–H groups in total. The molecule has 1 heterocycles. The zero-order valence-corrected chi connectivity index (χ0v) is 11.9. The van der Waals surface area contributed by atoms with Gasteiger partial charge in [-0.1, -0.05) is 13.0 Å². The van der Waals surface area contributed by atoms with Crippen LogP contribution in [0.2, 0.25) is 0 Å². The van der Waals surface area contributed by atoms with E-state index in [9.17, 15) is 14.3 Å². The van der Waals surface area contributed by atoms with Crippen molar-refractivity contribution in [2.75, 3.05) is 19.6 Å². The molecule has 1 aliphatic heterocycles. The fourth-order valence-corrected chi connectivity index (χ4v) is 2.54. The van der Waals surface area contributed by atoms with Gasteiger partial charge < -0.3 is 15.3 Å². The number of hydrogen-bond acceptors (Lipinski definition) is 3. The molecular weight excluding hydrogens is 259 g/mol. The van der Waals surface area contributed by atoms with E-state index >= 15 is 0 Å². The maximum Gasteiger partial charge on any atom is 0.251 e. The van der Waals surface area contributed by atoms with E-state index in [4.69, 9.17) is 0 Å². The monoisotopic (exact) mass is 280 g/mol. The number of carbonyl (C=O) groups excluding carboxylic acids is 1. The number of rotatable bonds is 3. The molecule has 20 heavy (non-hydrogen) atoms. The molecule has 1 saturated heterocycles. The molecule has 0 saturated carbocycles. The smallest absolute Gasteiger partial charge is 0.251 e. The van der Waals surface area contributed by atoms with Crippen LogP contribution in [0.25, 0.3) is 0 Å². The van der Waals surface area contributed by atoms with Gasteiger partial charge in [-0.2, -0.15) is 0 Å². The summed E-state index contributed by atoms with van der Waals surface area (Å²) in [4.78, 5) is 14.3. The van der Waals surface area contributed by atoms with E-state index in [0.29, 0.717) is 18.5 Å². The number of aliphatic hydroxyl groups excluding tert-OH is 1. The zero-order valence-electron chi connectivity index (χ0n) is 11.9. The number of benzene rings is 1. The molecule has 0 radical (unpaired) electrons. The average Bonchev–Trinajstić information content (AvgIpc) is 2.43. The standard InChI is InChI=1S/C15H21FN2O2/c1-3-18-7-6-13(14(19)9-18)17-15(20)12-8-11(16)5-4-10(12)2/h4-5,8,13-14,19H,3,6-7,9H2,1-2H3,(H,17,20). The van der Waals surface area contributed by atoms with Crippen molar-refractivity contribution in [1.82, 2.24) is 10.2 Å². The highest BCUT2D eigenvalue weighted by Crippen LogP contribution is 2.14. The maximum atomic E-state index is 13.2. The van der Waals surface area contributed by atoms with Gasteiger partial charge in [0.05, 0.1) is 12.1 Å². The number of likely N-dealkylation sites (tertiary alicyclic amines) is 1. The number of amides is 1. The van der Waals surface area contributed by atoms with Crippen molar-refractivity contribution in [2.45, 2.75) is 32.4 Å². The van der Waals surface area contributed by atoms with E-state index in [0.717, 1.165) is 18.7 Å². The molecule has 110 valence electrons. The highest BCUT2D eigenvalue weighted by atomic mass is 19.1. The van der Waals surface area contributed by atoms with E-state index in [2.05, 4.69) is 10.2 Å². The first-order valence-corrected chi connectivity index (χ1v) is 6.98. The predicted octanol–water partition coefficient (Wildman–Crippen LogP) is 1.32. The summed E-state index contributed by atoms with van der Waals surface area (Å²) in [5, 5.41) is 12.9. The summed E-state index contributed by atoms with van der Waals surface area (Å²) in [5.41, 5.74) is 1.06. The van der Waals surface area contributed by atoms with Gasteiger partial charge in [0.1, 0.15) is 5.82 Å². The lowest BCUT2D eigenvalue weighted by molar-refractivity contribution is 0.0399. The van der Waals surface area contributed by atoms with Crippen LogP contribution >= 0.6 is 0 Å². The Bertz CT molecular complexity index is 493. The number of β-amino-alcohol motifs (C(OH)–C–C–N with tert-alkyl or cyclic N) is 1. The molecule has 2 rings (SSSR count). The minimum absolute atomic E-state index is 0.270. The van der Waals surface area contributed by atoms with E-state index in [-0.39, 0.29) is 11.9 Å². The Hall–Kier alpha value is -1.46. The largest absolute Gasteiger partial charge is 0.390 e. The molecule has 1 aromatic carbocycles. The van der Waals surface area contributed by atoms with Crippen molar-refractivity contribution in [3.63, 3.8) is 0 Å². The molecule has 0 bridgehead atoms. The third-order valence-electron chi connectivity index (χ3n) is 3.87. The number of aliphatic hydroxyl groups is 1. The van der Waals surface area contributed by atoms with Crippen LogP contribution in [-0.4, -0.2) is 47.7 Å². The SMILES string of the molecule is CCN1CCC(NC(=O)c2cc(F)ccc2C)C(O)C1. The first-order chi connectivity index (χ1) is 9.51. The molecule has 1 aromatic rings. The second-order valence-electron chi connectivity index (χ2n) is 5.29. The lowest BCUT2D eigenvalue weighted by Gasteiger charge is -2.35. The lowest BCUT2D eigenvalue weighted by Crippen LogP contribution is -2.54. The Kier molecular flexibility index (Phi) is 4.73. The van der Waals surface area contributed by atoms with Crippen LogP contribution in [-0.2, 0) is 0 Å². The van der Waals surface area contributed by atoms with Crippen LogP contribution < -0.4 is 5.32 Å². The predicted molar refractivity (Wildman–Crippen MR) is 75.1 cm³/mol. The van der Waals surface area contributed by atoms with Crippen LogP contribution in [0.5, 0.6) is 0 Å². The van der Waals surface area contributed by atoms with Crippen molar-refractivity contribution in [2.24, 2.45) is 0 Å². The highest BCUT2D eigenvalue weighted by molar-refractivity contribution is 5.95. The summed E-state index contributed by atoms with van der Waals surface area (Å²) in [6.45, 7) is 6.11. The molecule has 0 spiro atoms. The van der Waals surface area contributed by atoms with Gasteiger partial charge in [0.2, 0.25) is 0 Å². The van der Waals surface area contributed by atoms with Crippen molar-refractivity contribution in [3.05, 3.63) is 35.1 Å². The summed E-state index contributed by atoms with van der Waals surface area (Å²) in [6, 6.07) is 3.88. The van der Waals surface area contributed by atoms with E-state index in [1.165, 1.54) is 12.1 Å². The van der Waals surface area contributed by atoms with E-state index in [1.807, 2.05) is 6.92 Å². The number of piperidine rings is 1. The second kappa shape index (κ2) is 6.33. The number of nitrogens with one attached hydrogen (secondary N) is 1. The second-order valence-corrected chi connectivity index (χ2v) is 5.29. The summed E-state index contributed by atoms with van der Waals surface area (Å²) >= 11 is 0. The Labute approximate surface area is 118 Å². The van der Waals surface area contributed by atoms with Gasteiger partial charge >= 0.3 is 0 Å². The van der Waals surface area contributed by atoms with Crippen LogP contribution in [0.1, 0.15) is 29.3 Å². The summed E-state index contributed by atoms with van der Waals surface area (Å²) in [7, 11) is 0. The number of aryl methyl sites for hydroxylation is 1. The first-order valence-electron chi connectivity index (χ1n) is 6.98.